The Morgan fingerprint density at radius 3 is 2.67 bits per heavy atom. The Morgan fingerprint density at radius 2 is 1.96 bits per heavy atom. The fourth-order valence-corrected chi connectivity index (χ4v) is 3.24. The van der Waals surface area contributed by atoms with Crippen molar-refractivity contribution < 1.29 is 9.13 Å². The topological polar surface area (TPSA) is 44.1 Å². The minimum atomic E-state index is -0.317. The molecule has 2 aromatic carbocycles. The largest absolute Gasteiger partial charge is 0.493 e. The fourth-order valence-electron chi connectivity index (χ4n) is 3.24. The lowest BCUT2D eigenvalue weighted by atomic mass is 10.0. The van der Waals surface area contributed by atoms with Gasteiger partial charge in [-0.3, -0.25) is 4.57 Å². The van der Waals surface area contributed by atoms with Crippen molar-refractivity contribution in [2.75, 3.05) is 6.61 Å². The van der Waals surface area contributed by atoms with Crippen LogP contribution < -0.4 is 10.4 Å². The second-order valence-electron chi connectivity index (χ2n) is 6.29. The highest BCUT2D eigenvalue weighted by atomic mass is 19.1. The molecule has 1 aliphatic heterocycles. The third kappa shape index (κ3) is 2.28. The molecule has 0 bridgehead atoms. The highest BCUT2D eigenvalue weighted by Gasteiger charge is 2.19. The number of fused-ring (bicyclic) bond motifs is 2. The van der Waals surface area contributed by atoms with Crippen LogP contribution in [0.1, 0.15) is 25.5 Å². The summed E-state index contributed by atoms with van der Waals surface area (Å²) in [5, 5.41) is 0.843. The van der Waals surface area contributed by atoms with Crippen molar-refractivity contribution in [3.05, 3.63) is 58.3 Å². The van der Waals surface area contributed by atoms with E-state index in [2.05, 4.69) is 4.98 Å². The first kappa shape index (κ1) is 14.9. The predicted molar refractivity (Wildman–Crippen MR) is 91.0 cm³/mol. The van der Waals surface area contributed by atoms with Crippen LogP contribution >= 0.6 is 0 Å². The second-order valence-corrected chi connectivity index (χ2v) is 6.29. The summed E-state index contributed by atoms with van der Waals surface area (Å²) < 4.78 is 20.6. The van der Waals surface area contributed by atoms with Crippen molar-refractivity contribution in [1.82, 2.24) is 9.55 Å². The number of halogens is 1. The molecular formula is C19H17FN2O2. The predicted octanol–water partition coefficient (Wildman–Crippen LogP) is 3.72. The molecule has 0 unspecified atom stereocenters. The first-order chi connectivity index (χ1) is 11.5. The lowest BCUT2D eigenvalue weighted by molar-refractivity contribution is 0.357. The molecule has 0 amide bonds. The Balaban J connectivity index is 2.09. The van der Waals surface area contributed by atoms with Crippen LogP contribution in [0.5, 0.6) is 5.75 Å². The molecule has 0 fully saturated rings. The highest BCUT2D eigenvalue weighted by molar-refractivity contribution is 5.94. The van der Waals surface area contributed by atoms with E-state index < -0.39 is 0 Å². The van der Waals surface area contributed by atoms with Gasteiger partial charge in [0.1, 0.15) is 11.6 Å². The summed E-state index contributed by atoms with van der Waals surface area (Å²) in [6.45, 7) is 4.57. The molecule has 0 radical (unpaired) electrons. The number of nitrogens with zero attached hydrogens (tertiary/aromatic N) is 2. The Kier molecular flexibility index (Phi) is 3.37. The third-order valence-electron chi connectivity index (χ3n) is 4.37. The highest BCUT2D eigenvalue weighted by Crippen LogP contribution is 2.34. The average molecular weight is 324 g/mol. The van der Waals surface area contributed by atoms with Gasteiger partial charge in [0.15, 0.2) is 0 Å². The van der Waals surface area contributed by atoms with Gasteiger partial charge in [0.25, 0.3) is 0 Å². The fraction of sp³-hybridized carbons (Fsp3) is 0.263. The van der Waals surface area contributed by atoms with Crippen LogP contribution in [0.2, 0.25) is 0 Å². The Bertz CT molecular complexity index is 991. The molecule has 4 rings (SSSR count). The van der Waals surface area contributed by atoms with Crippen molar-refractivity contribution in [3.63, 3.8) is 0 Å². The normalized spacial score (nSPS) is 13.3. The molecule has 5 heteroatoms. The van der Waals surface area contributed by atoms with E-state index in [0.717, 1.165) is 28.6 Å². The van der Waals surface area contributed by atoms with Crippen molar-refractivity contribution in [1.29, 1.82) is 0 Å². The van der Waals surface area contributed by atoms with Gasteiger partial charge < -0.3 is 4.74 Å². The van der Waals surface area contributed by atoms with Gasteiger partial charge in [-0.2, -0.15) is 4.98 Å². The maximum Gasteiger partial charge on any atom is 0.348 e. The van der Waals surface area contributed by atoms with Crippen LogP contribution in [0.4, 0.5) is 4.39 Å². The van der Waals surface area contributed by atoms with Crippen LogP contribution in [-0.4, -0.2) is 16.2 Å². The summed E-state index contributed by atoms with van der Waals surface area (Å²) in [4.78, 5) is 16.9. The molecule has 0 spiro atoms. The number of ether oxygens (including phenoxy) is 1. The van der Waals surface area contributed by atoms with Gasteiger partial charge >= 0.3 is 5.69 Å². The average Bonchev–Trinajstić information content (AvgIpc) is 3.00. The second kappa shape index (κ2) is 5.44. The molecule has 1 aliphatic rings. The number of benzene rings is 2. The molecule has 2 heterocycles. The molecule has 1 aromatic heterocycles. The molecule has 24 heavy (non-hydrogen) atoms. The number of aromatic nitrogens is 2. The number of hydrogen-bond acceptors (Lipinski definition) is 3. The zero-order valence-corrected chi connectivity index (χ0v) is 13.5. The maximum absolute atomic E-state index is 13.2. The summed E-state index contributed by atoms with van der Waals surface area (Å²) in [5.74, 6) is 0.518. The first-order valence-electron chi connectivity index (χ1n) is 8.02. The molecule has 0 atom stereocenters. The van der Waals surface area contributed by atoms with E-state index in [-0.39, 0.29) is 17.5 Å². The van der Waals surface area contributed by atoms with Crippen LogP contribution in [0, 0.1) is 5.82 Å². The van der Waals surface area contributed by atoms with Gasteiger partial charge in [-0.15, -0.1) is 0 Å². The van der Waals surface area contributed by atoms with Crippen LogP contribution in [-0.2, 0) is 6.42 Å². The van der Waals surface area contributed by atoms with Crippen LogP contribution in [0.15, 0.2) is 41.2 Å². The van der Waals surface area contributed by atoms with Crippen molar-refractivity contribution in [2.24, 2.45) is 0 Å². The first-order valence-corrected chi connectivity index (χ1v) is 8.02. The minimum absolute atomic E-state index is 0.00450. The van der Waals surface area contributed by atoms with E-state index in [1.54, 1.807) is 16.7 Å². The van der Waals surface area contributed by atoms with E-state index in [0.29, 0.717) is 17.9 Å². The van der Waals surface area contributed by atoms with Crippen LogP contribution in [0.25, 0.3) is 22.2 Å². The smallest absolute Gasteiger partial charge is 0.348 e. The monoisotopic (exact) mass is 324 g/mol. The summed E-state index contributed by atoms with van der Waals surface area (Å²) in [6, 6.07) is 10.0. The van der Waals surface area contributed by atoms with Crippen molar-refractivity contribution in [3.8, 4) is 17.0 Å². The van der Waals surface area contributed by atoms with Crippen LogP contribution in [0.3, 0.4) is 0 Å². The van der Waals surface area contributed by atoms with E-state index >= 15 is 0 Å². The molecule has 4 nitrogen and oxygen atoms in total. The quantitative estimate of drug-likeness (QED) is 0.721. The standard InChI is InChI=1S/C19H17FN2O2/c1-11(2)22-16-9-13-7-8-24-17(13)10-15(16)18(21-19(22)23)12-3-5-14(20)6-4-12/h3-6,9-11H,7-8H2,1-2H3. The van der Waals surface area contributed by atoms with Gasteiger partial charge in [0.05, 0.1) is 17.8 Å². The molecule has 0 aliphatic carbocycles. The van der Waals surface area contributed by atoms with E-state index in [1.165, 1.54) is 12.1 Å². The van der Waals surface area contributed by atoms with E-state index in [4.69, 9.17) is 4.74 Å². The van der Waals surface area contributed by atoms with Gasteiger partial charge in [0.2, 0.25) is 0 Å². The van der Waals surface area contributed by atoms with Gasteiger partial charge in [-0.1, -0.05) is 0 Å². The van der Waals surface area contributed by atoms with Gasteiger partial charge in [0, 0.05) is 23.4 Å². The van der Waals surface area contributed by atoms with E-state index in [9.17, 15) is 9.18 Å². The molecule has 3 aromatic rings. The molecule has 122 valence electrons. The summed E-state index contributed by atoms with van der Waals surface area (Å²) >= 11 is 0. The number of rotatable bonds is 2. The Morgan fingerprint density at radius 1 is 1.21 bits per heavy atom. The lowest BCUT2D eigenvalue weighted by Crippen LogP contribution is -2.25. The van der Waals surface area contributed by atoms with Crippen molar-refractivity contribution >= 4 is 10.9 Å². The zero-order chi connectivity index (χ0) is 16.8. The van der Waals surface area contributed by atoms with Gasteiger partial charge in [-0.05, 0) is 55.8 Å². The summed E-state index contributed by atoms with van der Waals surface area (Å²) in [7, 11) is 0. The minimum Gasteiger partial charge on any atom is -0.493 e. The van der Waals surface area contributed by atoms with Crippen molar-refractivity contribution in [2.45, 2.75) is 26.3 Å². The summed E-state index contributed by atoms with van der Waals surface area (Å²) in [5.41, 5.74) is 2.93. The maximum atomic E-state index is 13.2. The number of hydrogen-bond donors (Lipinski definition) is 0. The van der Waals surface area contributed by atoms with E-state index in [1.807, 2.05) is 26.0 Å². The van der Waals surface area contributed by atoms with Gasteiger partial charge in [-0.25, -0.2) is 9.18 Å². The lowest BCUT2D eigenvalue weighted by Gasteiger charge is -2.16. The Labute approximate surface area is 138 Å². The molecule has 0 N–H and O–H groups in total. The molecular weight excluding hydrogens is 307 g/mol. The molecule has 0 saturated carbocycles. The molecule has 0 saturated heterocycles. The summed E-state index contributed by atoms with van der Waals surface area (Å²) in [6.07, 6.45) is 0.839. The zero-order valence-electron chi connectivity index (χ0n) is 13.5. The third-order valence-corrected chi connectivity index (χ3v) is 4.37. The SMILES string of the molecule is CC(C)n1c(=O)nc(-c2ccc(F)cc2)c2cc3c(cc21)CCO3. The Hall–Kier alpha value is -2.69.